The topological polar surface area (TPSA) is 37.3 Å². The second-order valence-corrected chi connectivity index (χ2v) is 4.93. The summed E-state index contributed by atoms with van der Waals surface area (Å²) in [5.74, 6) is -0.147. The second-order valence-electron chi connectivity index (χ2n) is 3.52. The van der Waals surface area contributed by atoms with E-state index in [9.17, 15) is 4.79 Å². The first-order valence-electron chi connectivity index (χ1n) is 4.71. The number of carboxylic acid groups (broad SMARTS) is 1. The molecule has 1 aliphatic heterocycles. The highest BCUT2D eigenvalue weighted by Crippen LogP contribution is 2.27. The summed E-state index contributed by atoms with van der Waals surface area (Å²) in [6.07, 6.45) is 7.93. The zero-order chi connectivity index (χ0) is 8.81. The minimum absolute atomic E-state index is 0.396. The van der Waals surface area contributed by atoms with Gasteiger partial charge in [0.05, 0.1) is 0 Å². The zero-order valence-corrected chi connectivity index (χ0v) is 8.38. The van der Waals surface area contributed by atoms with Gasteiger partial charge in [-0.25, -0.2) is 0 Å². The van der Waals surface area contributed by atoms with Gasteiger partial charge in [0.15, 0.2) is 0 Å². The molecule has 1 fully saturated rings. The third kappa shape index (κ3) is 4.06. The molecule has 1 rings (SSSR count). The zero-order valence-electron chi connectivity index (χ0n) is 7.38. The van der Waals surface area contributed by atoms with Gasteiger partial charge in [0, 0.05) is 6.42 Å². The van der Waals surface area contributed by atoms with Gasteiger partial charge in [-0.3, -0.25) is 4.79 Å². The molecular weight excluding hydrogens is 171 g/mol. The standard InChI is InChI=1S/C9H17O2P/c10-9(11)6-8-4-2-1-3-5-12-7-8/h8,12H,1-7H2,(H,10,11). The van der Waals surface area contributed by atoms with Gasteiger partial charge in [-0.15, -0.1) is 8.58 Å². The largest absolute Gasteiger partial charge is 0.481 e. The Morgan fingerprint density at radius 1 is 1.42 bits per heavy atom. The van der Waals surface area contributed by atoms with E-state index in [-0.39, 0.29) is 0 Å². The van der Waals surface area contributed by atoms with E-state index in [2.05, 4.69) is 0 Å². The summed E-state index contributed by atoms with van der Waals surface area (Å²) in [7, 11) is 1.01. The number of carbonyl (C=O) groups is 1. The van der Waals surface area contributed by atoms with E-state index in [1.54, 1.807) is 0 Å². The van der Waals surface area contributed by atoms with Crippen LogP contribution in [0.25, 0.3) is 0 Å². The molecule has 0 bridgehead atoms. The lowest BCUT2D eigenvalue weighted by molar-refractivity contribution is -0.137. The summed E-state index contributed by atoms with van der Waals surface area (Å²) in [6, 6.07) is 0. The van der Waals surface area contributed by atoms with Gasteiger partial charge in [-0.05, 0) is 31.1 Å². The maximum absolute atomic E-state index is 10.5. The number of aliphatic carboxylic acids is 1. The van der Waals surface area contributed by atoms with E-state index in [1.165, 1.54) is 25.4 Å². The SMILES string of the molecule is O=C(O)CC1CCCCCPC1. The Morgan fingerprint density at radius 3 is 3.00 bits per heavy atom. The third-order valence-electron chi connectivity index (χ3n) is 2.36. The van der Waals surface area contributed by atoms with Crippen LogP contribution in [0, 0.1) is 5.92 Å². The van der Waals surface area contributed by atoms with Crippen molar-refractivity contribution in [2.24, 2.45) is 5.92 Å². The van der Waals surface area contributed by atoms with Crippen LogP contribution in [0.15, 0.2) is 0 Å². The summed E-state index contributed by atoms with van der Waals surface area (Å²) < 4.78 is 0. The Balaban J connectivity index is 2.24. The van der Waals surface area contributed by atoms with Crippen LogP contribution >= 0.6 is 8.58 Å². The van der Waals surface area contributed by atoms with Crippen molar-refractivity contribution in [1.29, 1.82) is 0 Å². The Morgan fingerprint density at radius 2 is 2.25 bits per heavy atom. The predicted octanol–water partition coefficient (Wildman–Crippen LogP) is 2.33. The van der Waals surface area contributed by atoms with Crippen LogP contribution in [0.2, 0.25) is 0 Å². The van der Waals surface area contributed by atoms with E-state index in [4.69, 9.17) is 5.11 Å². The summed E-state index contributed by atoms with van der Waals surface area (Å²) in [5, 5.41) is 8.63. The van der Waals surface area contributed by atoms with Crippen molar-refractivity contribution in [1.82, 2.24) is 0 Å². The monoisotopic (exact) mass is 188 g/mol. The Hall–Kier alpha value is -0.100. The molecule has 70 valence electrons. The van der Waals surface area contributed by atoms with Crippen molar-refractivity contribution >= 4 is 14.6 Å². The first-order valence-corrected chi connectivity index (χ1v) is 6.13. The molecule has 2 nitrogen and oxygen atoms in total. The molecule has 0 saturated carbocycles. The van der Waals surface area contributed by atoms with Crippen molar-refractivity contribution in [3.05, 3.63) is 0 Å². The van der Waals surface area contributed by atoms with Crippen molar-refractivity contribution in [3.8, 4) is 0 Å². The molecule has 1 aliphatic rings. The molecular formula is C9H17O2P. The molecule has 0 amide bonds. The van der Waals surface area contributed by atoms with Crippen LogP contribution in [0.3, 0.4) is 0 Å². The molecule has 0 aliphatic carbocycles. The second kappa shape index (κ2) is 5.53. The van der Waals surface area contributed by atoms with Gasteiger partial charge in [0.25, 0.3) is 0 Å². The fourth-order valence-corrected chi connectivity index (χ4v) is 3.15. The quantitative estimate of drug-likeness (QED) is 0.675. The number of hydrogen-bond acceptors (Lipinski definition) is 1. The van der Waals surface area contributed by atoms with Crippen molar-refractivity contribution in [2.75, 3.05) is 12.3 Å². The molecule has 0 aromatic rings. The summed E-state index contributed by atoms with van der Waals surface area (Å²) >= 11 is 0. The van der Waals surface area contributed by atoms with Gasteiger partial charge < -0.3 is 5.11 Å². The number of carboxylic acids is 1. The molecule has 3 heteroatoms. The summed E-state index contributed by atoms with van der Waals surface area (Å²) in [5.41, 5.74) is 0. The Kier molecular flexibility index (Phi) is 4.60. The van der Waals surface area contributed by atoms with E-state index >= 15 is 0 Å². The highest BCUT2D eigenvalue weighted by molar-refractivity contribution is 7.37. The maximum atomic E-state index is 10.5. The molecule has 2 atom stereocenters. The van der Waals surface area contributed by atoms with Crippen molar-refractivity contribution < 1.29 is 9.90 Å². The van der Waals surface area contributed by atoms with E-state index < -0.39 is 5.97 Å². The molecule has 2 unspecified atom stereocenters. The van der Waals surface area contributed by atoms with Gasteiger partial charge >= 0.3 is 5.97 Å². The fraction of sp³-hybridized carbons (Fsp3) is 0.889. The van der Waals surface area contributed by atoms with Crippen molar-refractivity contribution in [3.63, 3.8) is 0 Å². The molecule has 0 spiro atoms. The molecule has 0 aromatic carbocycles. The highest BCUT2D eigenvalue weighted by atomic mass is 31.1. The Bertz CT molecular complexity index is 139. The first-order chi connectivity index (χ1) is 5.79. The number of rotatable bonds is 2. The first kappa shape index (κ1) is 9.98. The molecule has 1 saturated heterocycles. The van der Waals surface area contributed by atoms with E-state index in [0.717, 1.165) is 21.2 Å². The molecule has 0 aromatic heterocycles. The summed E-state index contributed by atoms with van der Waals surface area (Å²) in [4.78, 5) is 10.5. The minimum Gasteiger partial charge on any atom is -0.481 e. The molecule has 0 radical (unpaired) electrons. The number of hydrogen-bond donors (Lipinski definition) is 1. The predicted molar refractivity (Wildman–Crippen MR) is 52.3 cm³/mol. The molecule has 12 heavy (non-hydrogen) atoms. The molecule has 1 heterocycles. The summed E-state index contributed by atoms with van der Waals surface area (Å²) in [6.45, 7) is 0. The third-order valence-corrected chi connectivity index (χ3v) is 3.94. The van der Waals surface area contributed by atoms with Crippen LogP contribution in [0.5, 0.6) is 0 Å². The van der Waals surface area contributed by atoms with Gasteiger partial charge in [-0.2, -0.15) is 0 Å². The lowest BCUT2D eigenvalue weighted by Crippen LogP contribution is -2.11. The average Bonchev–Trinajstić information content (AvgIpc) is 1.93. The fourth-order valence-electron chi connectivity index (χ4n) is 1.69. The van der Waals surface area contributed by atoms with Gasteiger partial charge in [-0.1, -0.05) is 12.8 Å². The molecule has 1 N–H and O–H groups in total. The van der Waals surface area contributed by atoms with Crippen LogP contribution in [0.4, 0.5) is 0 Å². The van der Waals surface area contributed by atoms with E-state index in [0.29, 0.717) is 12.3 Å². The maximum Gasteiger partial charge on any atom is 0.303 e. The van der Waals surface area contributed by atoms with Crippen LogP contribution in [-0.2, 0) is 4.79 Å². The normalized spacial score (nSPS) is 27.8. The lowest BCUT2D eigenvalue weighted by Gasteiger charge is -2.17. The smallest absolute Gasteiger partial charge is 0.303 e. The van der Waals surface area contributed by atoms with Crippen LogP contribution in [0.1, 0.15) is 32.1 Å². The lowest BCUT2D eigenvalue weighted by atomic mass is 10.00. The average molecular weight is 188 g/mol. The van der Waals surface area contributed by atoms with E-state index in [1.807, 2.05) is 0 Å². The Labute approximate surface area is 75.5 Å². The highest BCUT2D eigenvalue weighted by Gasteiger charge is 2.14. The van der Waals surface area contributed by atoms with Crippen LogP contribution in [-0.4, -0.2) is 23.4 Å². The van der Waals surface area contributed by atoms with Gasteiger partial charge in [0.1, 0.15) is 0 Å². The van der Waals surface area contributed by atoms with Crippen LogP contribution < -0.4 is 0 Å². The van der Waals surface area contributed by atoms with Crippen molar-refractivity contribution in [2.45, 2.75) is 32.1 Å². The van der Waals surface area contributed by atoms with Gasteiger partial charge in [0.2, 0.25) is 0 Å². The minimum atomic E-state index is -0.620.